The summed E-state index contributed by atoms with van der Waals surface area (Å²) in [5, 5.41) is 0.668. The molecule has 1 amide bonds. The van der Waals surface area contributed by atoms with Gasteiger partial charge in [0.1, 0.15) is 0 Å². The minimum atomic E-state index is -3.66. The number of nitrogens with two attached hydrogens (primary N) is 1. The number of rotatable bonds is 6. The number of carbonyl (C=O) groups excluding carboxylic acids is 2. The van der Waals surface area contributed by atoms with Crippen molar-refractivity contribution in [3.05, 3.63) is 34.3 Å². The van der Waals surface area contributed by atoms with Gasteiger partial charge >= 0.3 is 0 Å². The van der Waals surface area contributed by atoms with Gasteiger partial charge in [0.05, 0.1) is 5.75 Å². The molecule has 0 aromatic heterocycles. The van der Waals surface area contributed by atoms with Crippen LogP contribution in [0.15, 0.2) is 18.2 Å². The minimum Gasteiger partial charge on any atom is -0.370 e. The summed E-state index contributed by atoms with van der Waals surface area (Å²) in [7, 11) is -3.66. The summed E-state index contributed by atoms with van der Waals surface area (Å²) in [5.41, 5.74) is 6.77. The van der Waals surface area contributed by atoms with Crippen LogP contribution in [0.4, 0.5) is 0 Å². The predicted octanol–water partition coefficient (Wildman–Crippen LogP) is 3.73. The van der Waals surface area contributed by atoms with Gasteiger partial charge in [-0.25, -0.2) is 0 Å². The van der Waals surface area contributed by atoms with Crippen LogP contribution >= 0.6 is 11.6 Å². The zero-order chi connectivity index (χ0) is 19.7. The van der Waals surface area contributed by atoms with Crippen molar-refractivity contribution in [1.82, 2.24) is 0 Å². The maximum Gasteiger partial charge on any atom is 0.264 e. The summed E-state index contributed by atoms with van der Waals surface area (Å²) in [6.45, 7) is 1.37. The first-order valence-electron chi connectivity index (χ1n) is 8.70. The summed E-state index contributed by atoms with van der Waals surface area (Å²) in [6.07, 6.45) is 6.39. The van der Waals surface area contributed by atoms with Gasteiger partial charge in [-0.3, -0.25) is 14.1 Å². The zero-order valence-corrected chi connectivity index (χ0v) is 16.5. The van der Waals surface area contributed by atoms with Crippen LogP contribution in [0.1, 0.15) is 73.7 Å². The Kier molecular flexibility index (Phi) is 9.25. The van der Waals surface area contributed by atoms with Crippen molar-refractivity contribution in [1.29, 1.82) is 0 Å². The molecular weight excluding hydrogens is 378 g/mol. The highest BCUT2D eigenvalue weighted by molar-refractivity contribution is 7.85. The van der Waals surface area contributed by atoms with Gasteiger partial charge in [0.25, 0.3) is 10.1 Å². The van der Waals surface area contributed by atoms with Crippen molar-refractivity contribution in [3.63, 3.8) is 0 Å². The van der Waals surface area contributed by atoms with Gasteiger partial charge in [-0.05, 0) is 37.3 Å². The van der Waals surface area contributed by atoms with E-state index in [1.54, 1.807) is 6.07 Å². The number of hydrogen-bond donors (Lipinski definition) is 2. The molecule has 1 aliphatic rings. The second-order valence-corrected chi connectivity index (χ2v) is 8.48. The lowest BCUT2D eigenvalue weighted by molar-refractivity contribution is -0.118. The topological polar surface area (TPSA) is 115 Å². The number of benzene rings is 1. The lowest BCUT2D eigenvalue weighted by Gasteiger charge is -2.23. The second kappa shape index (κ2) is 10.6. The van der Waals surface area contributed by atoms with Crippen molar-refractivity contribution in [2.75, 3.05) is 5.75 Å². The molecule has 1 saturated carbocycles. The Bertz CT molecular complexity index is 727. The van der Waals surface area contributed by atoms with Gasteiger partial charge in [-0.2, -0.15) is 8.42 Å². The fourth-order valence-electron chi connectivity index (χ4n) is 2.83. The molecule has 0 aliphatic heterocycles. The van der Waals surface area contributed by atoms with Gasteiger partial charge in [0.2, 0.25) is 5.91 Å². The molecule has 1 fully saturated rings. The van der Waals surface area contributed by atoms with Crippen LogP contribution < -0.4 is 5.73 Å². The Morgan fingerprint density at radius 1 is 1.19 bits per heavy atom. The van der Waals surface area contributed by atoms with Crippen LogP contribution in [-0.2, 0) is 14.9 Å². The predicted molar refractivity (Wildman–Crippen MR) is 102 cm³/mol. The number of primary amides is 1. The van der Waals surface area contributed by atoms with E-state index < -0.39 is 16.0 Å². The van der Waals surface area contributed by atoms with Gasteiger partial charge in [-0.1, -0.05) is 43.0 Å². The molecule has 1 aliphatic carbocycles. The first-order valence-corrected chi connectivity index (χ1v) is 10.7. The molecule has 146 valence electrons. The number of hydrogen-bond acceptors (Lipinski definition) is 4. The quantitative estimate of drug-likeness (QED) is 0.554. The lowest BCUT2D eigenvalue weighted by atomic mass is 9.83. The number of halogens is 1. The van der Waals surface area contributed by atoms with Crippen LogP contribution in [0.2, 0.25) is 5.02 Å². The van der Waals surface area contributed by atoms with Gasteiger partial charge in [0.15, 0.2) is 5.78 Å². The highest BCUT2D eigenvalue weighted by Gasteiger charge is 2.19. The fraction of sp³-hybridized carbons (Fsp3) is 0.556. The Morgan fingerprint density at radius 2 is 1.77 bits per heavy atom. The van der Waals surface area contributed by atoms with E-state index in [0.29, 0.717) is 16.5 Å². The van der Waals surface area contributed by atoms with Crippen molar-refractivity contribution in [2.45, 2.75) is 57.8 Å². The number of ketones is 1. The summed E-state index contributed by atoms with van der Waals surface area (Å²) >= 11 is 6.33. The van der Waals surface area contributed by atoms with Crippen LogP contribution in [0.25, 0.3) is 0 Å². The van der Waals surface area contributed by atoms with E-state index in [1.165, 1.54) is 39.0 Å². The summed E-state index contributed by atoms with van der Waals surface area (Å²) in [5.74, 6) is -0.220. The number of amides is 1. The molecule has 2 rings (SSSR count). The molecule has 1 aromatic rings. The molecule has 0 unspecified atom stereocenters. The van der Waals surface area contributed by atoms with Crippen LogP contribution in [0.3, 0.4) is 0 Å². The summed E-state index contributed by atoms with van der Waals surface area (Å²) in [4.78, 5) is 22.6. The van der Waals surface area contributed by atoms with Crippen molar-refractivity contribution in [3.8, 4) is 0 Å². The molecule has 0 spiro atoms. The maximum atomic E-state index is 11.9. The van der Waals surface area contributed by atoms with Gasteiger partial charge < -0.3 is 5.73 Å². The molecule has 3 N–H and O–H groups in total. The van der Waals surface area contributed by atoms with E-state index in [2.05, 4.69) is 0 Å². The Labute approximate surface area is 159 Å². The third-order valence-corrected chi connectivity index (χ3v) is 5.39. The molecule has 26 heavy (non-hydrogen) atoms. The number of Topliss-reactive ketones (excluding diaryl/α,β-unsaturated/α-hetero) is 1. The smallest absolute Gasteiger partial charge is 0.264 e. The third-order valence-electron chi connectivity index (χ3n) is 4.33. The highest BCUT2D eigenvalue weighted by atomic mass is 35.5. The highest BCUT2D eigenvalue weighted by Crippen LogP contribution is 2.36. The van der Waals surface area contributed by atoms with E-state index in [-0.39, 0.29) is 24.4 Å². The monoisotopic (exact) mass is 403 g/mol. The van der Waals surface area contributed by atoms with E-state index >= 15 is 0 Å². The normalized spacial score (nSPS) is 15.0. The number of carbonyl (C=O) groups is 2. The van der Waals surface area contributed by atoms with Crippen molar-refractivity contribution < 1.29 is 22.6 Å². The SMILES string of the molecule is CCS(=O)(=O)O.NC(=O)CCC(=O)c1ccc(C2CCCCC2)c(Cl)c1. The van der Waals surface area contributed by atoms with Crippen LogP contribution in [-0.4, -0.2) is 30.4 Å². The van der Waals surface area contributed by atoms with E-state index in [4.69, 9.17) is 21.9 Å². The minimum absolute atomic E-state index is 0.0825. The van der Waals surface area contributed by atoms with Crippen LogP contribution in [0, 0.1) is 0 Å². The first kappa shape index (κ1) is 22.6. The van der Waals surface area contributed by atoms with Gasteiger partial charge in [-0.15, -0.1) is 0 Å². The molecule has 0 radical (unpaired) electrons. The van der Waals surface area contributed by atoms with E-state index in [1.807, 2.05) is 12.1 Å². The Hall–Kier alpha value is -1.44. The second-order valence-electron chi connectivity index (χ2n) is 6.33. The van der Waals surface area contributed by atoms with Gasteiger partial charge in [0, 0.05) is 23.4 Å². The molecule has 0 bridgehead atoms. The third kappa shape index (κ3) is 8.29. The molecule has 0 saturated heterocycles. The summed E-state index contributed by atoms with van der Waals surface area (Å²) < 4.78 is 26.9. The lowest BCUT2D eigenvalue weighted by Crippen LogP contribution is -2.13. The largest absolute Gasteiger partial charge is 0.370 e. The molecule has 8 heteroatoms. The van der Waals surface area contributed by atoms with Crippen molar-refractivity contribution >= 4 is 33.4 Å². The zero-order valence-electron chi connectivity index (χ0n) is 14.9. The molecular formula is C18H26ClNO5S. The van der Waals surface area contributed by atoms with Crippen molar-refractivity contribution in [2.24, 2.45) is 5.73 Å². The molecule has 6 nitrogen and oxygen atoms in total. The Morgan fingerprint density at radius 3 is 2.23 bits per heavy atom. The average molecular weight is 404 g/mol. The van der Waals surface area contributed by atoms with E-state index in [0.717, 1.165) is 5.56 Å². The average Bonchev–Trinajstić information content (AvgIpc) is 2.60. The first-order chi connectivity index (χ1) is 12.1. The summed E-state index contributed by atoms with van der Waals surface area (Å²) in [6, 6.07) is 5.52. The standard InChI is InChI=1S/C16H20ClNO2.C2H6O3S/c17-14-10-12(15(19)8-9-16(18)20)6-7-13(14)11-4-2-1-3-5-11;1-2-6(3,4)5/h6-7,10-11H,1-5,8-9H2,(H2,18,20);2H2,1H3,(H,3,4,5). The molecule has 1 aromatic carbocycles. The molecule has 0 heterocycles. The van der Waals surface area contributed by atoms with Crippen LogP contribution in [0.5, 0.6) is 0 Å². The fourth-order valence-corrected chi connectivity index (χ4v) is 3.16. The van der Waals surface area contributed by atoms with E-state index in [9.17, 15) is 18.0 Å². The molecule has 0 atom stereocenters. The maximum absolute atomic E-state index is 11.9. The Balaban J connectivity index is 0.000000487.